The van der Waals surface area contributed by atoms with E-state index in [4.69, 9.17) is 4.74 Å². The van der Waals surface area contributed by atoms with Gasteiger partial charge in [-0.3, -0.25) is 14.9 Å². The molecule has 0 radical (unpaired) electrons. The number of carbonyl (C=O) groups excluding carboxylic acids is 2. The molecule has 162 valence electrons. The largest absolute Gasteiger partial charge is 0.423 e. The summed E-state index contributed by atoms with van der Waals surface area (Å²) in [6.07, 6.45) is 0. The van der Waals surface area contributed by atoms with Crippen molar-refractivity contribution >= 4 is 28.9 Å². The van der Waals surface area contributed by atoms with Crippen LogP contribution < -0.4 is 14.5 Å². The number of carbonyl (C=O) groups is 2. The zero-order valence-corrected chi connectivity index (χ0v) is 17.5. The number of hydrogen-bond acceptors (Lipinski definition) is 7. The van der Waals surface area contributed by atoms with Crippen LogP contribution in [0.3, 0.4) is 0 Å². The van der Waals surface area contributed by atoms with E-state index in [0.29, 0.717) is 18.8 Å². The lowest BCUT2D eigenvalue weighted by atomic mass is 10.1. The zero-order valence-electron chi connectivity index (χ0n) is 17.5. The van der Waals surface area contributed by atoms with E-state index >= 15 is 0 Å². The fourth-order valence-electron chi connectivity index (χ4n) is 4.03. The van der Waals surface area contributed by atoms with Crippen molar-refractivity contribution in [2.45, 2.75) is 13.8 Å². The molecule has 1 amide bonds. The van der Waals surface area contributed by atoms with Crippen LogP contribution in [0.15, 0.2) is 36.4 Å². The number of esters is 1. The lowest BCUT2D eigenvalue weighted by Gasteiger charge is -2.38. The maximum atomic E-state index is 12.9. The summed E-state index contributed by atoms with van der Waals surface area (Å²) in [7, 11) is 0. The Bertz CT molecular complexity index is 1050. The second kappa shape index (κ2) is 8.25. The summed E-state index contributed by atoms with van der Waals surface area (Å²) in [5.41, 5.74) is 4.03. The monoisotopic (exact) mass is 424 g/mol. The molecule has 0 spiro atoms. The molecule has 2 heterocycles. The van der Waals surface area contributed by atoms with E-state index in [1.807, 2.05) is 6.07 Å². The van der Waals surface area contributed by atoms with Gasteiger partial charge in [0.15, 0.2) is 5.75 Å². The van der Waals surface area contributed by atoms with Crippen LogP contribution in [-0.2, 0) is 9.59 Å². The third-order valence-electron chi connectivity index (χ3n) is 5.91. The Morgan fingerprint density at radius 1 is 1.10 bits per heavy atom. The van der Waals surface area contributed by atoms with Crippen molar-refractivity contribution in [2.75, 3.05) is 49.1 Å². The number of aryl methyl sites for hydroxylation is 1. The molecule has 1 fully saturated rings. The molecular weight excluding hydrogens is 400 g/mol. The smallest absolute Gasteiger partial charge is 0.331 e. The van der Waals surface area contributed by atoms with Gasteiger partial charge in [0.05, 0.1) is 23.2 Å². The van der Waals surface area contributed by atoms with Gasteiger partial charge in [0, 0.05) is 37.9 Å². The molecule has 9 nitrogen and oxygen atoms in total. The van der Waals surface area contributed by atoms with Gasteiger partial charge in [0.25, 0.3) is 5.69 Å². The maximum absolute atomic E-state index is 12.9. The molecule has 0 unspecified atom stereocenters. The topological polar surface area (TPSA) is 96.2 Å². The van der Waals surface area contributed by atoms with Gasteiger partial charge in [0.2, 0.25) is 5.91 Å². The molecule has 2 aliphatic rings. The zero-order chi connectivity index (χ0) is 22.1. The summed E-state index contributed by atoms with van der Waals surface area (Å²) in [4.78, 5) is 41.0. The molecule has 1 saturated heterocycles. The van der Waals surface area contributed by atoms with E-state index in [2.05, 4.69) is 30.9 Å². The third kappa shape index (κ3) is 4.16. The van der Waals surface area contributed by atoms with Crippen molar-refractivity contribution in [2.24, 2.45) is 0 Å². The van der Waals surface area contributed by atoms with Crippen LogP contribution in [0.25, 0.3) is 0 Å². The summed E-state index contributed by atoms with van der Waals surface area (Å²) in [5.74, 6) is -0.516. The fraction of sp³-hybridized carbons (Fsp3) is 0.364. The average molecular weight is 424 g/mol. The Kier molecular flexibility index (Phi) is 5.50. The number of fused-ring (bicyclic) bond motifs is 1. The number of hydrogen-bond donors (Lipinski definition) is 0. The van der Waals surface area contributed by atoms with Gasteiger partial charge < -0.3 is 19.4 Å². The van der Waals surface area contributed by atoms with Crippen LogP contribution in [0, 0.1) is 24.0 Å². The standard InChI is InChI=1S/C22H24N4O5/c1-15-4-3-5-18(16(15)2)23-8-10-24(11-9-23)21(27)13-25-14-22(28)31-20-12-17(26(29)30)6-7-19(20)25/h3-7,12H,8-11,13-14H2,1-2H3. The molecule has 0 N–H and O–H groups in total. The maximum Gasteiger partial charge on any atom is 0.331 e. The van der Waals surface area contributed by atoms with E-state index in [1.165, 1.54) is 35.0 Å². The Hall–Kier alpha value is -3.62. The van der Waals surface area contributed by atoms with Crippen LogP contribution in [0.4, 0.5) is 17.1 Å². The van der Waals surface area contributed by atoms with Crippen LogP contribution in [0.2, 0.25) is 0 Å². The number of nitro groups is 1. The normalized spacial score (nSPS) is 16.1. The molecule has 4 rings (SSSR count). The molecule has 0 saturated carbocycles. The highest BCUT2D eigenvalue weighted by Crippen LogP contribution is 2.35. The van der Waals surface area contributed by atoms with E-state index < -0.39 is 10.9 Å². The predicted octanol–water partition coefficient (Wildman–Crippen LogP) is 2.29. The third-order valence-corrected chi connectivity index (χ3v) is 5.91. The second-order valence-electron chi connectivity index (χ2n) is 7.83. The molecule has 9 heteroatoms. The first-order chi connectivity index (χ1) is 14.8. The lowest BCUT2D eigenvalue weighted by molar-refractivity contribution is -0.384. The summed E-state index contributed by atoms with van der Waals surface area (Å²) < 4.78 is 5.15. The van der Waals surface area contributed by atoms with Crippen molar-refractivity contribution in [3.63, 3.8) is 0 Å². The minimum Gasteiger partial charge on any atom is -0.423 e. The quantitative estimate of drug-likeness (QED) is 0.322. The molecule has 0 atom stereocenters. The molecule has 31 heavy (non-hydrogen) atoms. The van der Waals surface area contributed by atoms with Crippen molar-refractivity contribution < 1.29 is 19.2 Å². The minimum absolute atomic E-state index is 0.0172. The van der Waals surface area contributed by atoms with Crippen molar-refractivity contribution in [1.82, 2.24) is 4.90 Å². The molecular formula is C22H24N4O5. The van der Waals surface area contributed by atoms with Gasteiger partial charge in [-0.05, 0) is 37.1 Å². The first kappa shape index (κ1) is 20.6. The lowest BCUT2D eigenvalue weighted by Crippen LogP contribution is -2.52. The van der Waals surface area contributed by atoms with Gasteiger partial charge in [0.1, 0.15) is 6.54 Å². The fourth-order valence-corrected chi connectivity index (χ4v) is 4.03. The summed E-state index contributed by atoms with van der Waals surface area (Å²) in [5, 5.41) is 11.0. The van der Waals surface area contributed by atoms with Gasteiger partial charge in [-0.1, -0.05) is 12.1 Å². The van der Waals surface area contributed by atoms with Crippen LogP contribution in [0.1, 0.15) is 11.1 Å². The number of nitro benzene ring substituents is 1. The predicted molar refractivity (Wildman–Crippen MR) is 116 cm³/mol. The summed E-state index contributed by atoms with van der Waals surface area (Å²) in [6.45, 7) is 6.81. The highest BCUT2D eigenvalue weighted by atomic mass is 16.6. The van der Waals surface area contributed by atoms with Gasteiger partial charge in [-0.15, -0.1) is 0 Å². The number of benzene rings is 2. The number of ether oxygens (including phenoxy) is 1. The van der Waals surface area contributed by atoms with E-state index in [1.54, 1.807) is 9.80 Å². The number of anilines is 2. The Morgan fingerprint density at radius 3 is 2.55 bits per heavy atom. The highest BCUT2D eigenvalue weighted by Gasteiger charge is 2.30. The molecule has 0 aromatic heterocycles. The molecule has 2 aromatic carbocycles. The van der Waals surface area contributed by atoms with Crippen LogP contribution in [0.5, 0.6) is 5.75 Å². The molecule has 0 aliphatic carbocycles. The van der Waals surface area contributed by atoms with E-state index in [-0.39, 0.29) is 30.4 Å². The van der Waals surface area contributed by atoms with Crippen LogP contribution in [-0.4, -0.2) is 61.0 Å². The molecule has 2 aliphatic heterocycles. The SMILES string of the molecule is Cc1cccc(N2CCN(C(=O)CN3CC(=O)Oc4cc([N+](=O)[O-])ccc43)CC2)c1C. The number of non-ortho nitro benzene ring substituents is 1. The first-order valence-electron chi connectivity index (χ1n) is 10.2. The number of nitrogens with zero attached hydrogens (tertiary/aromatic N) is 4. The Balaban J connectivity index is 1.42. The van der Waals surface area contributed by atoms with Crippen LogP contribution >= 0.6 is 0 Å². The number of rotatable bonds is 4. The summed E-state index contributed by atoms with van der Waals surface area (Å²) >= 11 is 0. The van der Waals surface area contributed by atoms with Gasteiger partial charge in [-0.25, -0.2) is 4.79 Å². The van der Waals surface area contributed by atoms with Gasteiger partial charge in [-0.2, -0.15) is 0 Å². The van der Waals surface area contributed by atoms with Crippen molar-refractivity contribution in [3.8, 4) is 5.75 Å². The highest BCUT2D eigenvalue weighted by molar-refractivity contribution is 5.89. The van der Waals surface area contributed by atoms with Crippen molar-refractivity contribution in [1.29, 1.82) is 0 Å². The first-order valence-corrected chi connectivity index (χ1v) is 10.2. The average Bonchev–Trinajstić information content (AvgIpc) is 2.75. The number of amides is 1. The number of piperazine rings is 1. The summed E-state index contributed by atoms with van der Waals surface area (Å²) in [6, 6.07) is 10.3. The van der Waals surface area contributed by atoms with E-state index in [9.17, 15) is 19.7 Å². The molecule has 0 bridgehead atoms. The molecule has 2 aromatic rings. The van der Waals surface area contributed by atoms with E-state index in [0.717, 1.165) is 13.1 Å². The second-order valence-corrected chi connectivity index (χ2v) is 7.83. The minimum atomic E-state index is -0.548. The van der Waals surface area contributed by atoms with Crippen molar-refractivity contribution in [3.05, 3.63) is 57.6 Å². The van der Waals surface area contributed by atoms with Gasteiger partial charge >= 0.3 is 5.97 Å². The Morgan fingerprint density at radius 2 is 1.84 bits per heavy atom. The Labute approximate surface area is 179 Å².